The summed E-state index contributed by atoms with van der Waals surface area (Å²) in [6, 6.07) is 13.5. The summed E-state index contributed by atoms with van der Waals surface area (Å²) in [5.41, 5.74) is 3.07. The van der Waals surface area contributed by atoms with Gasteiger partial charge in [0.15, 0.2) is 0 Å². The summed E-state index contributed by atoms with van der Waals surface area (Å²) >= 11 is 1.49. The van der Waals surface area contributed by atoms with Crippen LogP contribution >= 0.6 is 11.3 Å². The minimum Gasteiger partial charge on any atom is -0.488 e. The van der Waals surface area contributed by atoms with Gasteiger partial charge >= 0.3 is 0 Å². The van der Waals surface area contributed by atoms with Crippen molar-refractivity contribution in [1.29, 1.82) is 0 Å². The number of aromatic nitrogens is 1. The van der Waals surface area contributed by atoms with Crippen LogP contribution in [-0.2, 0) is 6.61 Å². The molecule has 0 aliphatic carbocycles. The van der Waals surface area contributed by atoms with Gasteiger partial charge in [-0.2, -0.15) is 0 Å². The van der Waals surface area contributed by atoms with Crippen LogP contribution in [0.25, 0.3) is 10.4 Å². The van der Waals surface area contributed by atoms with Crippen LogP contribution in [0.5, 0.6) is 5.75 Å². The lowest BCUT2D eigenvalue weighted by atomic mass is 10.1. The molecule has 2 aromatic heterocycles. The fraction of sp³-hybridized carbons (Fsp3) is 0.158. The number of carbonyl (C=O) groups excluding carboxylic acids is 1. The Balaban J connectivity index is 1.57. The highest BCUT2D eigenvalue weighted by molar-refractivity contribution is 7.17. The molecule has 4 rings (SSSR count). The molecule has 1 aliphatic heterocycles. The SMILES string of the molecule is CN(C)c1ccc(NC(=O)c2cc3c(s2)-c2ccccc2OC3)nc1. The first-order valence-electron chi connectivity index (χ1n) is 7.91. The fourth-order valence-electron chi connectivity index (χ4n) is 2.71. The Hall–Kier alpha value is -2.86. The number of fused-ring (bicyclic) bond motifs is 3. The molecule has 3 heterocycles. The molecule has 1 aliphatic rings. The molecular formula is C19H17N3O2S. The lowest BCUT2D eigenvalue weighted by molar-refractivity contribution is 0.103. The molecule has 6 heteroatoms. The highest BCUT2D eigenvalue weighted by Gasteiger charge is 2.22. The van der Waals surface area contributed by atoms with Gasteiger partial charge in [0.1, 0.15) is 18.2 Å². The van der Waals surface area contributed by atoms with E-state index in [4.69, 9.17) is 4.74 Å². The van der Waals surface area contributed by atoms with Crippen LogP contribution < -0.4 is 15.0 Å². The average molecular weight is 351 g/mol. The maximum absolute atomic E-state index is 12.6. The van der Waals surface area contributed by atoms with Crippen molar-refractivity contribution in [2.75, 3.05) is 24.3 Å². The summed E-state index contributed by atoms with van der Waals surface area (Å²) < 4.78 is 5.75. The Morgan fingerprint density at radius 1 is 1.24 bits per heavy atom. The zero-order chi connectivity index (χ0) is 17.4. The van der Waals surface area contributed by atoms with Crippen LogP contribution in [0, 0.1) is 0 Å². The first kappa shape index (κ1) is 15.7. The van der Waals surface area contributed by atoms with E-state index >= 15 is 0 Å². The van der Waals surface area contributed by atoms with Gasteiger partial charge in [0, 0.05) is 30.1 Å². The summed E-state index contributed by atoms with van der Waals surface area (Å²) in [5.74, 6) is 1.25. The second kappa shape index (κ2) is 6.22. The van der Waals surface area contributed by atoms with Gasteiger partial charge in [0.05, 0.1) is 16.8 Å². The second-order valence-electron chi connectivity index (χ2n) is 6.00. The molecule has 1 N–H and O–H groups in total. The van der Waals surface area contributed by atoms with Crippen molar-refractivity contribution in [3.63, 3.8) is 0 Å². The van der Waals surface area contributed by atoms with Crippen LogP contribution in [0.2, 0.25) is 0 Å². The third-order valence-corrected chi connectivity index (χ3v) is 5.26. The molecule has 1 amide bonds. The summed E-state index contributed by atoms with van der Waals surface area (Å²) in [6.45, 7) is 0.492. The molecule has 0 bridgehead atoms. The minimum atomic E-state index is -0.151. The van der Waals surface area contributed by atoms with Crippen LogP contribution in [-0.4, -0.2) is 25.0 Å². The molecule has 1 aromatic carbocycles. The topological polar surface area (TPSA) is 54.5 Å². The van der Waals surface area contributed by atoms with Gasteiger partial charge in [-0.25, -0.2) is 4.98 Å². The fourth-order valence-corrected chi connectivity index (χ4v) is 3.81. The van der Waals surface area contributed by atoms with Gasteiger partial charge in [0.2, 0.25) is 0 Å². The number of amides is 1. The number of rotatable bonds is 3. The largest absolute Gasteiger partial charge is 0.488 e. The van der Waals surface area contributed by atoms with Gasteiger partial charge in [0.25, 0.3) is 5.91 Å². The van der Waals surface area contributed by atoms with Crippen molar-refractivity contribution in [1.82, 2.24) is 4.98 Å². The van der Waals surface area contributed by atoms with E-state index in [1.165, 1.54) is 11.3 Å². The zero-order valence-electron chi connectivity index (χ0n) is 13.9. The van der Waals surface area contributed by atoms with Gasteiger partial charge in [-0.15, -0.1) is 11.3 Å². The molecule has 0 saturated carbocycles. The number of pyridine rings is 1. The van der Waals surface area contributed by atoms with Gasteiger partial charge < -0.3 is 15.0 Å². The number of nitrogens with one attached hydrogen (secondary N) is 1. The van der Waals surface area contributed by atoms with Gasteiger partial charge in [-0.05, 0) is 30.3 Å². The number of hydrogen-bond donors (Lipinski definition) is 1. The van der Waals surface area contributed by atoms with Crippen LogP contribution in [0.3, 0.4) is 0 Å². The summed E-state index contributed by atoms with van der Waals surface area (Å²) in [7, 11) is 3.90. The predicted molar refractivity (Wildman–Crippen MR) is 101 cm³/mol. The van der Waals surface area contributed by atoms with Crippen LogP contribution in [0.4, 0.5) is 11.5 Å². The molecule has 3 aromatic rings. The summed E-state index contributed by atoms with van der Waals surface area (Å²) in [4.78, 5) is 20.6. The smallest absolute Gasteiger partial charge is 0.266 e. The standard InChI is InChI=1S/C19H17N3O2S/c1-22(2)13-7-8-17(20-10-13)21-19(23)16-9-12-11-24-15-6-4-3-5-14(15)18(12)25-16/h3-10H,11H2,1-2H3,(H,20,21,23). The minimum absolute atomic E-state index is 0.151. The van der Waals surface area contributed by atoms with Gasteiger partial charge in [-0.3, -0.25) is 4.79 Å². The Labute approximate surface area is 149 Å². The Kier molecular flexibility index (Phi) is 3.89. The number of benzene rings is 1. The number of anilines is 2. The van der Waals surface area contributed by atoms with E-state index < -0.39 is 0 Å². The van der Waals surface area contributed by atoms with E-state index in [9.17, 15) is 4.79 Å². The van der Waals surface area contributed by atoms with Crippen molar-refractivity contribution in [2.24, 2.45) is 0 Å². The van der Waals surface area contributed by atoms with E-state index in [-0.39, 0.29) is 5.91 Å². The summed E-state index contributed by atoms with van der Waals surface area (Å²) in [5, 5.41) is 2.86. The molecular weight excluding hydrogens is 334 g/mol. The third kappa shape index (κ3) is 2.96. The average Bonchev–Trinajstić information content (AvgIpc) is 3.07. The first-order valence-corrected chi connectivity index (χ1v) is 8.73. The van der Waals surface area contributed by atoms with Crippen molar-refractivity contribution in [3.05, 3.63) is 59.1 Å². The summed E-state index contributed by atoms with van der Waals surface area (Å²) in [6.07, 6.45) is 1.74. The number of hydrogen-bond acceptors (Lipinski definition) is 5. The number of nitrogens with zero attached hydrogens (tertiary/aromatic N) is 2. The first-order chi connectivity index (χ1) is 12.1. The lowest BCUT2D eigenvalue weighted by Crippen LogP contribution is -2.13. The highest BCUT2D eigenvalue weighted by atomic mass is 32.1. The van der Waals surface area contributed by atoms with Crippen LogP contribution in [0.15, 0.2) is 48.7 Å². The van der Waals surface area contributed by atoms with Gasteiger partial charge in [-0.1, -0.05) is 12.1 Å². The maximum Gasteiger partial charge on any atom is 0.266 e. The quantitative estimate of drug-likeness (QED) is 0.774. The number of para-hydroxylation sites is 1. The van der Waals surface area contributed by atoms with Crippen molar-refractivity contribution < 1.29 is 9.53 Å². The third-order valence-electron chi connectivity index (χ3n) is 4.05. The number of ether oxygens (including phenoxy) is 1. The molecule has 0 radical (unpaired) electrons. The molecule has 126 valence electrons. The monoisotopic (exact) mass is 351 g/mol. The number of carbonyl (C=O) groups is 1. The predicted octanol–water partition coefficient (Wildman–Crippen LogP) is 4.02. The van der Waals surface area contributed by atoms with E-state index in [2.05, 4.69) is 10.3 Å². The second-order valence-corrected chi connectivity index (χ2v) is 7.05. The van der Waals surface area contributed by atoms with Crippen molar-refractivity contribution in [3.8, 4) is 16.2 Å². The Morgan fingerprint density at radius 3 is 2.84 bits per heavy atom. The van der Waals surface area contributed by atoms with Crippen molar-refractivity contribution in [2.45, 2.75) is 6.61 Å². The molecule has 0 unspecified atom stereocenters. The molecule has 0 spiro atoms. The normalized spacial score (nSPS) is 11.9. The molecule has 0 fully saturated rings. The van der Waals surface area contributed by atoms with E-state index in [0.717, 1.165) is 27.4 Å². The maximum atomic E-state index is 12.6. The molecule has 0 saturated heterocycles. The highest BCUT2D eigenvalue weighted by Crippen LogP contribution is 2.42. The zero-order valence-corrected chi connectivity index (χ0v) is 14.8. The van der Waals surface area contributed by atoms with Crippen LogP contribution in [0.1, 0.15) is 15.2 Å². The van der Waals surface area contributed by atoms with E-state index in [1.807, 2.05) is 55.4 Å². The molecule has 0 atom stereocenters. The molecule has 25 heavy (non-hydrogen) atoms. The van der Waals surface area contributed by atoms with E-state index in [1.54, 1.807) is 12.3 Å². The molecule has 5 nitrogen and oxygen atoms in total. The number of thiophene rings is 1. The van der Waals surface area contributed by atoms with Crippen molar-refractivity contribution >= 4 is 28.7 Å². The lowest BCUT2D eigenvalue weighted by Gasteiger charge is -2.16. The van der Waals surface area contributed by atoms with E-state index in [0.29, 0.717) is 17.3 Å². The Bertz CT molecular complexity index is 932. The Morgan fingerprint density at radius 2 is 2.08 bits per heavy atom.